The second-order valence-electron chi connectivity index (χ2n) is 16.0. The first kappa shape index (κ1) is 41.1. The number of rotatable bonds is 16. The van der Waals surface area contributed by atoms with Crippen LogP contribution in [0.3, 0.4) is 0 Å². The van der Waals surface area contributed by atoms with E-state index in [2.05, 4.69) is 0 Å². The van der Waals surface area contributed by atoms with Gasteiger partial charge in [0.1, 0.15) is 48.8 Å². The molecule has 4 fully saturated rings. The summed E-state index contributed by atoms with van der Waals surface area (Å²) in [7, 11) is 0. The summed E-state index contributed by atoms with van der Waals surface area (Å²) in [6.07, 6.45) is -9.68. The summed E-state index contributed by atoms with van der Waals surface area (Å²) in [5, 5.41) is 12.1. The highest BCUT2D eigenvalue weighted by Crippen LogP contribution is 2.45. The molecule has 4 aromatic carbocycles. The van der Waals surface area contributed by atoms with E-state index in [1.807, 2.05) is 149 Å². The Kier molecular flexibility index (Phi) is 13.0. The van der Waals surface area contributed by atoms with Crippen molar-refractivity contribution in [3.63, 3.8) is 0 Å². The minimum atomic E-state index is -1.59. The van der Waals surface area contributed by atoms with Gasteiger partial charge in [0.25, 0.3) is 0 Å². The van der Waals surface area contributed by atoms with Crippen molar-refractivity contribution in [1.82, 2.24) is 0 Å². The predicted octanol–water partition coefficient (Wildman–Crippen LogP) is 6.42. The van der Waals surface area contributed by atoms with E-state index in [-0.39, 0.29) is 26.4 Å². The van der Waals surface area contributed by atoms with Crippen molar-refractivity contribution in [2.24, 2.45) is 0 Å². The topological polar surface area (TPSA) is 122 Å². The van der Waals surface area contributed by atoms with Crippen molar-refractivity contribution in [3.8, 4) is 0 Å². The average Bonchev–Trinajstić information content (AvgIpc) is 3.73. The Bertz CT molecular complexity index is 1850. The van der Waals surface area contributed by atoms with Gasteiger partial charge in [-0.05, 0) is 49.9 Å². The van der Waals surface area contributed by atoms with Crippen LogP contribution in [0.25, 0.3) is 0 Å². The molecule has 4 saturated heterocycles. The maximum absolute atomic E-state index is 12.1. The molecule has 58 heavy (non-hydrogen) atoms. The van der Waals surface area contributed by atoms with Gasteiger partial charge in [-0.2, -0.15) is 0 Å². The number of benzene rings is 4. The summed E-state index contributed by atoms with van der Waals surface area (Å²) in [5.74, 6) is -1.92. The third-order valence-corrected chi connectivity index (χ3v) is 10.6. The lowest BCUT2D eigenvalue weighted by molar-refractivity contribution is -0.373. The molecular formula is C46H54O12. The number of ether oxygens (including phenoxy) is 11. The van der Waals surface area contributed by atoms with Gasteiger partial charge in [0.15, 0.2) is 30.4 Å². The Morgan fingerprint density at radius 2 is 0.966 bits per heavy atom. The van der Waals surface area contributed by atoms with E-state index in [1.54, 1.807) is 0 Å². The molecule has 4 heterocycles. The monoisotopic (exact) mass is 798 g/mol. The van der Waals surface area contributed by atoms with Gasteiger partial charge < -0.3 is 57.2 Å². The number of fused-ring (bicyclic) bond motifs is 3. The molecule has 12 heteroatoms. The highest BCUT2D eigenvalue weighted by Gasteiger charge is 2.62. The van der Waals surface area contributed by atoms with E-state index in [0.29, 0.717) is 6.61 Å². The van der Waals surface area contributed by atoms with E-state index >= 15 is 0 Å². The van der Waals surface area contributed by atoms with Crippen LogP contribution in [0.1, 0.15) is 49.9 Å². The summed E-state index contributed by atoms with van der Waals surface area (Å²) in [6, 6.07) is 39.6. The minimum Gasteiger partial charge on any atom is -0.374 e. The highest BCUT2D eigenvalue weighted by molar-refractivity contribution is 5.16. The van der Waals surface area contributed by atoms with Crippen molar-refractivity contribution < 1.29 is 57.2 Å². The van der Waals surface area contributed by atoms with Crippen LogP contribution >= 0.6 is 0 Å². The van der Waals surface area contributed by atoms with E-state index in [0.717, 1.165) is 22.3 Å². The van der Waals surface area contributed by atoms with Crippen molar-refractivity contribution in [1.29, 1.82) is 0 Å². The normalized spacial score (nSPS) is 31.7. The first-order valence-electron chi connectivity index (χ1n) is 20.0. The predicted molar refractivity (Wildman–Crippen MR) is 209 cm³/mol. The van der Waals surface area contributed by atoms with E-state index in [9.17, 15) is 5.11 Å². The zero-order valence-corrected chi connectivity index (χ0v) is 33.4. The molecule has 8 rings (SSSR count). The molecule has 4 aliphatic rings. The fraction of sp³-hybridized carbons (Fsp3) is 0.478. The third-order valence-electron chi connectivity index (χ3n) is 10.6. The molecule has 0 saturated carbocycles. The van der Waals surface area contributed by atoms with Crippen LogP contribution in [0.2, 0.25) is 0 Å². The minimum absolute atomic E-state index is 0.126. The molecule has 4 aliphatic heterocycles. The van der Waals surface area contributed by atoms with Crippen LogP contribution in [0.5, 0.6) is 0 Å². The average molecular weight is 799 g/mol. The summed E-state index contributed by atoms with van der Waals surface area (Å²) >= 11 is 0. The van der Waals surface area contributed by atoms with Gasteiger partial charge >= 0.3 is 0 Å². The fourth-order valence-corrected chi connectivity index (χ4v) is 7.94. The van der Waals surface area contributed by atoms with Crippen molar-refractivity contribution in [3.05, 3.63) is 144 Å². The van der Waals surface area contributed by atoms with Crippen molar-refractivity contribution >= 4 is 0 Å². The van der Waals surface area contributed by atoms with Crippen LogP contribution in [-0.4, -0.2) is 91.0 Å². The van der Waals surface area contributed by atoms with Gasteiger partial charge in [-0.25, -0.2) is 0 Å². The van der Waals surface area contributed by atoms with Crippen LogP contribution in [0.4, 0.5) is 0 Å². The second-order valence-corrected chi connectivity index (χ2v) is 16.0. The number of hydrogen-bond acceptors (Lipinski definition) is 12. The molecular weight excluding hydrogens is 744 g/mol. The van der Waals surface area contributed by atoms with Crippen molar-refractivity contribution in [2.45, 2.75) is 133 Å². The Morgan fingerprint density at radius 3 is 1.52 bits per heavy atom. The van der Waals surface area contributed by atoms with Gasteiger partial charge in [0.05, 0.1) is 33.0 Å². The fourth-order valence-electron chi connectivity index (χ4n) is 7.94. The lowest BCUT2D eigenvalue weighted by Gasteiger charge is -2.47. The third kappa shape index (κ3) is 10.0. The maximum atomic E-state index is 12.1. The summed E-state index contributed by atoms with van der Waals surface area (Å²) in [5.41, 5.74) is 3.89. The molecule has 0 amide bonds. The molecule has 12 nitrogen and oxygen atoms in total. The molecule has 1 N–H and O–H groups in total. The first-order valence-corrected chi connectivity index (χ1v) is 20.0. The number of aliphatic hydroxyl groups excluding tert-OH is 1. The van der Waals surface area contributed by atoms with Crippen molar-refractivity contribution in [2.75, 3.05) is 6.61 Å². The van der Waals surface area contributed by atoms with E-state index in [1.165, 1.54) is 0 Å². The Morgan fingerprint density at radius 1 is 0.517 bits per heavy atom. The van der Waals surface area contributed by atoms with Crippen LogP contribution in [0.15, 0.2) is 121 Å². The van der Waals surface area contributed by atoms with E-state index < -0.39 is 79.3 Å². The van der Waals surface area contributed by atoms with E-state index in [4.69, 9.17) is 52.1 Å². The summed E-state index contributed by atoms with van der Waals surface area (Å²) in [6.45, 7) is 8.45. The largest absolute Gasteiger partial charge is 0.374 e. The number of hydrogen-bond donors (Lipinski definition) is 1. The molecule has 0 radical (unpaired) electrons. The molecule has 4 aromatic rings. The zero-order chi connectivity index (χ0) is 40.1. The Hall–Kier alpha value is -3.60. The lowest BCUT2D eigenvalue weighted by atomic mass is 9.97. The molecule has 0 aliphatic carbocycles. The first-order chi connectivity index (χ1) is 28.1. The summed E-state index contributed by atoms with van der Waals surface area (Å²) < 4.78 is 71.4. The van der Waals surface area contributed by atoms with Gasteiger partial charge in [-0.15, -0.1) is 0 Å². The molecule has 0 aromatic heterocycles. The van der Waals surface area contributed by atoms with Crippen LogP contribution in [0, 0.1) is 0 Å². The van der Waals surface area contributed by atoms with Crippen LogP contribution < -0.4 is 0 Å². The molecule has 0 spiro atoms. The standard InChI is InChI=1S/C46H54O12/c1-45(2)55-37-38(56-45)41-44(58-46(3,4)57-41)53-39(37)42(47)54-43-40(51-28-33-23-15-8-16-24-33)36(50-27-32-21-13-7-14-22-32)35(49-26-31-19-11-6-12-20-31)34(52-43)29-48-25-30-17-9-5-10-18-30/h5-24,34-44,47H,25-29H2,1-4H3/t34-,35-,36+,37-,38+,39+,40-,41-,42?,43?,44-/m1/s1. The smallest absolute Gasteiger partial charge is 0.190 e. The van der Waals surface area contributed by atoms with Gasteiger partial charge in [0, 0.05) is 0 Å². The lowest BCUT2D eigenvalue weighted by Crippen LogP contribution is -2.64. The molecule has 2 unspecified atom stereocenters. The van der Waals surface area contributed by atoms with Gasteiger partial charge in [-0.1, -0.05) is 121 Å². The molecule has 310 valence electrons. The zero-order valence-electron chi connectivity index (χ0n) is 33.4. The second kappa shape index (κ2) is 18.3. The number of aliphatic hydroxyl groups is 1. The quantitative estimate of drug-likeness (QED) is 0.126. The summed E-state index contributed by atoms with van der Waals surface area (Å²) in [4.78, 5) is 0. The van der Waals surface area contributed by atoms with Gasteiger partial charge in [0.2, 0.25) is 0 Å². The van der Waals surface area contributed by atoms with Crippen LogP contribution in [-0.2, 0) is 78.5 Å². The SMILES string of the molecule is CC1(C)O[C@H]2[C@@H](O1)[C@@H](C(O)OC1O[C@H](COCc3ccccc3)[C@@H](OCc3ccccc3)[C@H](OCc3ccccc3)[C@H]1OCc1ccccc1)O[C@@H]1OC(C)(C)O[C@@H]12. The maximum Gasteiger partial charge on any atom is 0.190 e. The Labute approximate surface area is 340 Å². The molecule has 11 atom stereocenters. The highest BCUT2D eigenvalue weighted by atomic mass is 16.9. The van der Waals surface area contributed by atoms with Gasteiger partial charge in [-0.3, -0.25) is 0 Å². The molecule has 0 bridgehead atoms. The Balaban J connectivity index is 1.11.